The number of thiophene rings is 1. The Kier molecular flexibility index (Phi) is 13.2. The van der Waals surface area contributed by atoms with Crippen molar-refractivity contribution in [2.75, 3.05) is 0 Å². The summed E-state index contributed by atoms with van der Waals surface area (Å²) in [5.41, 5.74) is 18.0. The minimum atomic E-state index is 0.638. The van der Waals surface area contributed by atoms with Crippen molar-refractivity contribution in [3.63, 3.8) is 0 Å². The summed E-state index contributed by atoms with van der Waals surface area (Å²) in [5.74, 6) is 3.26. The van der Waals surface area contributed by atoms with Gasteiger partial charge in [0.1, 0.15) is 17.5 Å². The molecule has 0 N–H and O–H groups in total. The molecule has 0 unspecified atom stereocenters. The molecule has 0 radical (unpaired) electrons. The average molecular weight is 1220 g/mol. The van der Waals surface area contributed by atoms with E-state index in [1.54, 1.807) is 6.33 Å². The first-order chi connectivity index (χ1) is 46.6. The Morgan fingerprint density at radius 3 is 1.30 bits per heavy atom. The Balaban J connectivity index is 0.000000139. The van der Waals surface area contributed by atoms with Crippen molar-refractivity contribution < 1.29 is 4.42 Å². The lowest BCUT2D eigenvalue weighted by Crippen LogP contribution is -2.00. The van der Waals surface area contributed by atoms with Gasteiger partial charge in [0, 0.05) is 86.3 Å². The van der Waals surface area contributed by atoms with Gasteiger partial charge in [-0.1, -0.05) is 237 Å². The van der Waals surface area contributed by atoms with E-state index in [2.05, 4.69) is 225 Å². The molecule has 0 fully saturated rings. The van der Waals surface area contributed by atoms with Crippen molar-refractivity contribution >= 4 is 97.1 Å². The predicted octanol–water partition coefficient (Wildman–Crippen LogP) is 21.9. The SMILES string of the molecule is c1ccc(-c2nc(-c3ccccc3)nc(-c3ccc(-c4ccc5c6c7oc8ccccc8c7ccc6n(-c6ccccc6)c5c4)cc3)n2)cc1.c1ccc(-c2ncnc(-c3cccc(-c4ccc5c6c7sc8ccccc8c7ccc6n(-c6ccccc6)c5c4)c3)n2)cc1. The second-order valence-corrected chi connectivity index (χ2v) is 24.4. The monoisotopic (exact) mass is 1220 g/mol. The Hall–Kier alpha value is -12.5. The predicted molar refractivity (Wildman–Crippen MR) is 387 cm³/mol. The number of hydrogen-bond donors (Lipinski definition) is 0. The molecule has 0 aliphatic carbocycles. The fourth-order valence-corrected chi connectivity index (χ4v) is 14.6. The molecule has 0 atom stereocenters. The molecule has 19 rings (SSSR count). The maximum Gasteiger partial charge on any atom is 0.164 e. The molecule has 19 aromatic rings. The van der Waals surface area contributed by atoms with Crippen LogP contribution in [0.5, 0.6) is 0 Å². The summed E-state index contributed by atoms with van der Waals surface area (Å²) in [7, 11) is 0. The molecule has 10 heteroatoms. The molecule has 6 heterocycles. The van der Waals surface area contributed by atoms with E-state index in [0.29, 0.717) is 29.1 Å². The summed E-state index contributed by atoms with van der Waals surface area (Å²) in [4.78, 5) is 28.4. The first-order valence-electron chi connectivity index (χ1n) is 31.3. The van der Waals surface area contributed by atoms with E-state index in [1.807, 2.05) is 114 Å². The third-order valence-electron chi connectivity index (χ3n) is 17.8. The van der Waals surface area contributed by atoms with Crippen molar-refractivity contribution in [1.29, 1.82) is 0 Å². The number of nitrogens with zero attached hydrogens (tertiary/aromatic N) is 8. The van der Waals surface area contributed by atoms with Gasteiger partial charge in [0.05, 0.1) is 27.5 Å². The first-order valence-corrected chi connectivity index (χ1v) is 32.1. The third-order valence-corrected chi connectivity index (χ3v) is 19.0. The second-order valence-electron chi connectivity index (χ2n) is 23.4. The minimum absolute atomic E-state index is 0.638. The van der Waals surface area contributed by atoms with Crippen LogP contribution in [0.4, 0.5) is 0 Å². The van der Waals surface area contributed by atoms with Crippen LogP contribution < -0.4 is 0 Å². The molecule has 13 aromatic carbocycles. The zero-order valence-electron chi connectivity index (χ0n) is 50.4. The summed E-state index contributed by atoms with van der Waals surface area (Å²) in [6.45, 7) is 0. The molecule has 0 aliphatic heterocycles. The molecule has 0 saturated heterocycles. The van der Waals surface area contributed by atoms with Crippen LogP contribution in [0.25, 0.3) is 176 Å². The molecule has 0 spiro atoms. The summed E-state index contributed by atoms with van der Waals surface area (Å²) in [6.07, 6.45) is 1.59. The van der Waals surface area contributed by atoms with Gasteiger partial charge < -0.3 is 13.6 Å². The lowest BCUT2D eigenvalue weighted by molar-refractivity contribution is 0.673. The number of fused-ring (bicyclic) bond motifs is 14. The highest BCUT2D eigenvalue weighted by Crippen LogP contribution is 2.46. The van der Waals surface area contributed by atoms with E-state index >= 15 is 0 Å². The molecule has 0 bridgehead atoms. The Labute approximate surface area is 543 Å². The van der Waals surface area contributed by atoms with E-state index in [4.69, 9.17) is 24.4 Å². The largest absolute Gasteiger partial charge is 0.455 e. The highest BCUT2D eigenvalue weighted by Gasteiger charge is 2.22. The number of furan rings is 1. The van der Waals surface area contributed by atoms with E-state index in [9.17, 15) is 0 Å². The van der Waals surface area contributed by atoms with Gasteiger partial charge in [0.15, 0.2) is 29.1 Å². The van der Waals surface area contributed by atoms with Crippen molar-refractivity contribution in [3.8, 4) is 90.6 Å². The topological polar surface area (TPSA) is 100 Å². The Bertz CT molecular complexity index is 6030. The molecule has 6 aromatic heterocycles. The maximum absolute atomic E-state index is 6.54. The van der Waals surface area contributed by atoms with Gasteiger partial charge >= 0.3 is 0 Å². The van der Waals surface area contributed by atoms with Crippen LogP contribution in [0.15, 0.2) is 320 Å². The molecule has 94 heavy (non-hydrogen) atoms. The molecule has 0 saturated carbocycles. The van der Waals surface area contributed by atoms with Crippen LogP contribution in [0.3, 0.4) is 0 Å². The van der Waals surface area contributed by atoms with Crippen molar-refractivity contribution in [3.05, 3.63) is 316 Å². The minimum Gasteiger partial charge on any atom is -0.455 e. The standard InChI is InChI=1S/C45H28N4O.C39H24N4S/c1-4-12-30(13-5-1)43-46-44(31-14-6-2-7-15-31)48-45(47-43)32-22-20-29(21-23-32)33-24-25-37-39(28-33)49(34-16-8-3-9-17-34)38-27-26-36-35-18-10-11-19-40(35)50-42(36)41(37)38;1-3-10-25(11-4-1)38-40-24-41-39(42-38)28-13-9-12-26(22-28)27-18-19-32-34(23-27)43(29-14-5-2-6-15-29)33-21-20-31-30-16-7-8-17-35(30)44-37(31)36(32)33/h1-28H;1-24H. The summed E-state index contributed by atoms with van der Waals surface area (Å²) in [5, 5.41) is 9.73. The molecular formula is C84H52N8OS. The summed E-state index contributed by atoms with van der Waals surface area (Å²) in [6, 6.07) is 108. The van der Waals surface area contributed by atoms with Crippen molar-refractivity contribution in [2.24, 2.45) is 0 Å². The molecule has 0 aliphatic rings. The fraction of sp³-hybridized carbons (Fsp3) is 0. The number of aromatic nitrogens is 8. The normalized spacial score (nSPS) is 11.6. The van der Waals surface area contributed by atoms with Gasteiger partial charge in [-0.2, -0.15) is 0 Å². The number of para-hydroxylation sites is 3. The zero-order valence-corrected chi connectivity index (χ0v) is 51.2. The average Bonchev–Trinajstić information content (AvgIpc) is 1.57. The number of hydrogen-bond acceptors (Lipinski definition) is 8. The van der Waals surface area contributed by atoms with Crippen molar-refractivity contribution in [2.45, 2.75) is 0 Å². The third kappa shape index (κ3) is 9.47. The lowest BCUT2D eigenvalue weighted by atomic mass is 10.0. The molecule has 0 amide bonds. The van der Waals surface area contributed by atoms with Gasteiger partial charge in [-0.05, 0) is 95.1 Å². The zero-order chi connectivity index (χ0) is 62.1. The van der Waals surface area contributed by atoms with E-state index < -0.39 is 0 Å². The van der Waals surface area contributed by atoms with Gasteiger partial charge in [0.25, 0.3) is 0 Å². The maximum atomic E-state index is 6.54. The summed E-state index contributed by atoms with van der Waals surface area (Å²) < 4.78 is 13.9. The summed E-state index contributed by atoms with van der Waals surface area (Å²) >= 11 is 1.88. The molecule has 9 nitrogen and oxygen atoms in total. The van der Waals surface area contributed by atoms with Crippen LogP contribution in [0.2, 0.25) is 0 Å². The quantitative estimate of drug-likeness (QED) is 0.142. The second kappa shape index (κ2) is 22.8. The van der Waals surface area contributed by atoms with Crippen LogP contribution >= 0.6 is 11.3 Å². The Morgan fingerprint density at radius 2 is 0.681 bits per heavy atom. The van der Waals surface area contributed by atoms with Gasteiger partial charge in [-0.25, -0.2) is 29.9 Å². The van der Waals surface area contributed by atoms with E-state index in [0.717, 1.165) is 105 Å². The van der Waals surface area contributed by atoms with Gasteiger partial charge in [-0.3, -0.25) is 0 Å². The molecule has 440 valence electrons. The van der Waals surface area contributed by atoms with E-state index in [1.165, 1.54) is 42.0 Å². The van der Waals surface area contributed by atoms with Crippen LogP contribution in [-0.2, 0) is 0 Å². The van der Waals surface area contributed by atoms with E-state index in [-0.39, 0.29) is 0 Å². The van der Waals surface area contributed by atoms with Crippen molar-refractivity contribution in [1.82, 2.24) is 39.0 Å². The lowest BCUT2D eigenvalue weighted by Gasteiger charge is -2.10. The van der Waals surface area contributed by atoms with Gasteiger partial charge in [-0.15, -0.1) is 11.3 Å². The smallest absolute Gasteiger partial charge is 0.164 e. The molecular weight excluding hydrogens is 1170 g/mol. The highest BCUT2D eigenvalue weighted by atomic mass is 32.1. The number of benzene rings is 13. The van der Waals surface area contributed by atoms with Crippen LogP contribution in [0.1, 0.15) is 0 Å². The number of rotatable bonds is 9. The Morgan fingerprint density at radius 1 is 0.266 bits per heavy atom. The first kappa shape index (κ1) is 54.4. The van der Waals surface area contributed by atoms with Crippen LogP contribution in [-0.4, -0.2) is 39.0 Å². The van der Waals surface area contributed by atoms with Crippen LogP contribution in [0, 0.1) is 0 Å². The fourth-order valence-electron chi connectivity index (χ4n) is 13.4. The van der Waals surface area contributed by atoms with Gasteiger partial charge in [0.2, 0.25) is 0 Å². The highest BCUT2D eigenvalue weighted by molar-refractivity contribution is 7.26.